The van der Waals surface area contributed by atoms with Gasteiger partial charge in [0.05, 0.1) is 17.9 Å². The SMILES string of the molecule is CC1=C(c2ccc(C)c(C)c2)N(CCC(=O)O)C(=O)CS1. The lowest BCUT2D eigenvalue weighted by molar-refractivity contribution is -0.137. The fourth-order valence-corrected chi connectivity index (χ4v) is 3.18. The van der Waals surface area contributed by atoms with Gasteiger partial charge in [0.1, 0.15) is 0 Å². The number of hydrogen-bond acceptors (Lipinski definition) is 3. The highest BCUT2D eigenvalue weighted by atomic mass is 32.2. The van der Waals surface area contributed by atoms with Gasteiger partial charge in [-0.1, -0.05) is 12.1 Å². The molecule has 0 unspecified atom stereocenters. The zero-order chi connectivity index (χ0) is 15.6. The van der Waals surface area contributed by atoms with Gasteiger partial charge in [-0.05, 0) is 43.5 Å². The number of nitrogens with zero attached hydrogens (tertiary/aromatic N) is 1. The molecule has 112 valence electrons. The standard InChI is InChI=1S/C16H19NO3S/c1-10-4-5-13(8-11(10)2)16-12(3)21-9-14(18)17(16)7-6-15(19)20/h4-5,8H,6-7,9H2,1-3H3,(H,19,20). The van der Waals surface area contributed by atoms with Gasteiger partial charge in [0, 0.05) is 11.4 Å². The van der Waals surface area contributed by atoms with Gasteiger partial charge in [0.2, 0.25) is 5.91 Å². The lowest BCUT2D eigenvalue weighted by atomic mass is 10.0. The maximum atomic E-state index is 12.2. The minimum atomic E-state index is -0.891. The lowest BCUT2D eigenvalue weighted by Crippen LogP contribution is -2.35. The third-order valence-corrected chi connectivity index (χ3v) is 4.66. The van der Waals surface area contributed by atoms with Gasteiger partial charge in [-0.25, -0.2) is 0 Å². The summed E-state index contributed by atoms with van der Waals surface area (Å²) in [5.41, 5.74) is 4.18. The number of benzene rings is 1. The maximum Gasteiger partial charge on any atom is 0.305 e. The highest BCUT2D eigenvalue weighted by Crippen LogP contribution is 2.35. The zero-order valence-electron chi connectivity index (χ0n) is 12.5. The number of allylic oxidation sites excluding steroid dienone is 1. The van der Waals surface area contributed by atoms with Crippen LogP contribution in [0.1, 0.15) is 30.0 Å². The first-order valence-electron chi connectivity index (χ1n) is 6.83. The van der Waals surface area contributed by atoms with Gasteiger partial charge in [0.25, 0.3) is 0 Å². The molecular formula is C16H19NO3S. The molecule has 0 bridgehead atoms. The summed E-state index contributed by atoms with van der Waals surface area (Å²) in [5, 5.41) is 8.87. The van der Waals surface area contributed by atoms with E-state index in [0.29, 0.717) is 5.75 Å². The molecule has 5 heteroatoms. The molecule has 1 aliphatic heterocycles. The van der Waals surface area contributed by atoms with E-state index in [2.05, 4.69) is 6.07 Å². The van der Waals surface area contributed by atoms with Crippen molar-refractivity contribution in [2.75, 3.05) is 12.3 Å². The number of carbonyl (C=O) groups is 2. The number of aryl methyl sites for hydroxylation is 2. The molecule has 21 heavy (non-hydrogen) atoms. The fraction of sp³-hybridized carbons (Fsp3) is 0.375. The molecule has 4 nitrogen and oxygen atoms in total. The number of carboxylic acid groups (broad SMARTS) is 1. The Balaban J connectivity index is 2.41. The van der Waals surface area contributed by atoms with Crippen LogP contribution in [0.5, 0.6) is 0 Å². The summed E-state index contributed by atoms with van der Waals surface area (Å²) in [5.74, 6) is -0.544. The van der Waals surface area contributed by atoms with Crippen LogP contribution in [0.4, 0.5) is 0 Å². The van der Waals surface area contributed by atoms with Crippen LogP contribution < -0.4 is 0 Å². The highest BCUT2D eigenvalue weighted by molar-refractivity contribution is 8.03. The van der Waals surface area contributed by atoms with Gasteiger partial charge in [-0.3, -0.25) is 9.59 Å². The molecule has 0 atom stereocenters. The first-order valence-corrected chi connectivity index (χ1v) is 7.82. The first kappa shape index (κ1) is 15.6. The maximum absolute atomic E-state index is 12.2. The molecule has 1 amide bonds. The highest BCUT2D eigenvalue weighted by Gasteiger charge is 2.27. The molecule has 0 aliphatic carbocycles. The number of thioether (sulfide) groups is 1. The molecule has 2 rings (SSSR count). The van der Waals surface area contributed by atoms with Crippen molar-refractivity contribution in [2.24, 2.45) is 0 Å². The van der Waals surface area contributed by atoms with Crippen molar-refractivity contribution < 1.29 is 14.7 Å². The monoisotopic (exact) mass is 305 g/mol. The van der Waals surface area contributed by atoms with Crippen molar-refractivity contribution in [1.82, 2.24) is 4.90 Å². The number of carboxylic acids is 1. The predicted octanol–water partition coefficient (Wildman–Crippen LogP) is 3.04. The minimum absolute atomic E-state index is 0.0277. The molecule has 0 radical (unpaired) electrons. The van der Waals surface area contributed by atoms with Gasteiger partial charge in [0.15, 0.2) is 0 Å². The van der Waals surface area contributed by atoms with Crippen LogP contribution in [0.15, 0.2) is 23.1 Å². The van der Waals surface area contributed by atoms with E-state index in [0.717, 1.165) is 21.7 Å². The smallest absolute Gasteiger partial charge is 0.305 e. The second-order valence-corrected chi connectivity index (χ2v) is 6.37. The van der Waals surface area contributed by atoms with E-state index in [1.165, 1.54) is 17.3 Å². The van der Waals surface area contributed by atoms with Crippen molar-refractivity contribution in [1.29, 1.82) is 0 Å². The van der Waals surface area contributed by atoms with E-state index in [1.807, 2.05) is 32.9 Å². The van der Waals surface area contributed by atoms with Crippen molar-refractivity contribution in [2.45, 2.75) is 27.2 Å². The summed E-state index contributed by atoms with van der Waals surface area (Å²) in [6.45, 7) is 6.28. The fourth-order valence-electron chi connectivity index (χ4n) is 2.32. The summed E-state index contributed by atoms with van der Waals surface area (Å²) in [4.78, 5) is 25.7. The summed E-state index contributed by atoms with van der Waals surface area (Å²) in [6.07, 6.45) is -0.0436. The molecule has 0 saturated carbocycles. The third-order valence-electron chi connectivity index (χ3n) is 3.65. The number of hydrogen-bond donors (Lipinski definition) is 1. The van der Waals surface area contributed by atoms with Crippen molar-refractivity contribution in [3.8, 4) is 0 Å². The summed E-state index contributed by atoms with van der Waals surface area (Å²) in [7, 11) is 0. The Morgan fingerprint density at radius 1 is 1.29 bits per heavy atom. The van der Waals surface area contributed by atoms with E-state index < -0.39 is 5.97 Å². The van der Waals surface area contributed by atoms with Gasteiger partial charge >= 0.3 is 5.97 Å². The Morgan fingerprint density at radius 2 is 2.00 bits per heavy atom. The van der Waals surface area contributed by atoms with Crippen molar-refractivity contribution in [3.05, 3.63) is 39.8 Å². The van der Waals surface area contributed by atoms with Crippen LogP contribution in [0.3, 0.4) is 0 Å². The van der Waals surface area contributed by atoms with E-state index in [4.69, 9.17) is 5.11 Å². The second-order valence-electron chi connectivity index (χ2n) is 5.18. The number of aliphatic carboxylic acids is 1. The van der Waals surface area contributed by atoms with Gasteiger partial charge in [-0.15, -0.1) is 11.8 Å². The van der Waals surface area contributed by atoms with Crippen LogP contribution in [0, 0.1) is 13.8 Å². The van der Waals surface area contributed by atoms with E-state index in [-0.39, 0.29) is 18.9 Å². The van der Waals surface area contributed by atoms with E-state index in [9.17, 15) is 9.59 Å². The Morgan fingerprint density at radius 3 is 2.62 bits per heavy atom. The predicted molar refractivity (Wildman–Crippen MR) is 84.9 cm³/mol. The second kappa shape index (κ2) is 6.35. The topological polar surface area (TPSA) is 57.6 Å². The summed E-state index contributed by atoms with van der Waals surface area (Å²) < 4.78 is 0. The molecule has 1 aliphatic rings. The molecule has 1 N–H and O–H groups in total. The molecule has 0 aromatic heterocycles. The van der Waals surface area contributed by atoms with Gasteiger partial charge < -0.3 is 10.0 Å². The van der Waals surface area contributed by atoms with Crippen molar-refractivity contribution >= 4 is 29.3 Å². The quantitative estimate of drug-likeness (QED) is 0.929. The van der Waals surface area contributed by atoms with Gasteiger partial charge in [-0.2, -0.15) is 0 Å². The van der Waals surface area contributed by atoms with Crippen LogP contribution in [-0.4, -0.2) is 34.2 Å². The first-order chi connectivity index (χ1) is 9.90. The number of rotatable bonds is 4. The molecule has 1 aromatic rings. The van der Waals surface area contributed by atoms with Crippen LogP contribution in [-0.2, 0) is 9.59 Å². The number of carbonyl (C=O) groups excluding carboxylic acids is 1. The van der Waals surface area contributed by atoms with Crippen LogP contribution in [0.2, 0.25) is 0 Å². The Kier molecular flexibility index (Phi) is 4.73. The number of amides is 1. The molecule has 0 fully saturated rings. The lowest BCUT2D eigenvalue weighted by Gasteiger charge is -2.31. The molecular weight excluding hydrogens is 286 g/mol. The Labute approximate surface area is 128 Å². The Hall–Kier alpha value is -1.75. The summed E-state index contributed by atoms with van der Waals surface area (Å²) >= 11 is 1.52. The van der Waals surface area contributed by atoms with Crippen molar-refractivity contribution in [3.63, 3.8) is 0 Å². The minimum Gasteiger partial charge on any atom is -0.481 e. The van der Waals surface area contributed by atoms with E-state index in [1.54, 1.807) is 4.90 Å². The Bertz CT molecular complexity index is 622. The molecule has 0 spiro atoms. The zero-order valence-corrected chi connectivity index (χ0v) is 13.3. The van der Waals surface area contributed by atoms with Crippen LogP contribution >= 0.6 is 11.8 Å². The average Bonchev–Trinajstić information content (AvgIpc) is 2.42. The van der Waals surface area contributed by atoms with E-state index >= 15 is 0 Å². The normalized spacial score (nSPS) is 15.6. The average molecular weight is 305 g/mol. The molecule has 1 aromatic carbocycles. The largest absolute Gasteiger partial charge is 0.481 e. The van der Waals surface area contributed by atoms with Crippen LogP contribution in [0.25, 0.3) is 5.70 Å². The molecule has 0 saturated heterocycles. The summed E-state index contributed by atoms with van der Waals surface area (Å²) in [6, 6.07) is 6.08. The molecule has 1 heterocycles. The third kappa shape index (κ3) is 3.47.